The molecule has 0 spiro atoms. The number of hydrogen-bond acceptors (Lipinski definition) is 3. The van der Waals surface area contributed by atoms with Gasteiger partial charge in [0.05, 0.1) is 24.0 Å². The van der Waals surface area contributed by atoms with E-state index < -0.39 is 17.9 Å². The number of rotatable bonds is 6. The molecule has 2 amide bonds. The van der Waals surface area contributed by atoms with Crippen LogP contribution < -0.4 is 10.6 Å². The van der Waals surface area contributed by atoms with Gasteiger partial charge in [0.15, 0.2) is 0 Å². The first-order chi connectivity index (χ1) is 14.7. The van der Waals surface area contributed by atoms with Crippen LogP contribution in [0, 0.1) is 22.7 Å². The molecule has 2 unspecified atom stereocenters. The number of nitrogens with one attached hydrogen (secondary N) is 4. The number of para-hydroxylation sites is 2. The molecule has 4 aromatic rings. The molecule has 2 heterocycles. The summed E-state index contributed by atoms with van der Waals surface area (Å²) in [6.45, 7) is 0.350. The van der Waals surface area contributed by atoms with Crippen molar-refractivity contribution >= 4 is 27.8 Å². The van der Waals surface area contributed by atoms with E-state index in [1.165, 1.54) is 0 Å². The summed E-state index contributed by atoms with van der Waals surface area (Å²) >= 11 is 0. The zero-order chi connectivity index (χ0) is 20.9. The van der Waals surface area contributed by atoms with Crippen LogP contribution in [0.15, 0.2) is 60.9 Å². The molecule has 0 aliphatic carbocycles. The van der Waals surface area contributed by atoms with E-state index in [1.807, 2.05) is 48.5 Å². The predicted molar refractivity (Wildman–Crippen MR) is 115 cm³/mol. The Balaban J connectivity index is 1.37. The van der Waals surface area contributed by atoms with E-state index in [9.17, 15) is 15.3 Å². The molecule has 148 valence electrons. The van der Waals surface area contributed by atoms with Crippen LogP contribution in [0.1, 0.15) is 23.0 Å². The van der Waals surface area contributed by atoms with Crippen molar-refractivity contribution < 1.29 is 4.79 Å². The maximum Gasteiger partial charge on any atom is 0.314 e. The zero-order valence-electron chi connectivity index (χ0n) is 16.1. The van der Waals surface area contributed by atoms with Gasteiger partial charge in [-0.05, 0) is 23.3 Å². The highest BCUT2D eigenvalue weighted by Crippen LogP contribution is 2.26. The van der Waals surface area contributed by atoms with E-state index >= 15 is 0 Å². The molecule has 2 aromatic carbocycles. The largest absolute Gasteiger partial charge is 0.361 e. The van der Waals surface area contributed by atoms with Crippen molar-refractivity contribution in [3.05, 3.63) is 72.1 Å². The Morgan fingerprint density at radius 2 is 1.23 bits per heavy atom. The van der Waals surface area contributed by atoms with Gasteiger partial charge in [0.25, 0.3) is 0 Å². The van der Waals surface area contributed by atoms with Crippen molar-refractivity contribution in [2.24, 2.45) is 0 Å². The van der Waals surface area contributed by atoms with Crippen LogP contribution in [0.5, 0.6) is 0 Å². The maximum atomic E-state index is 12.3. The van der Waals surface area contributed by atoms with E-state index in [0.717, 1.165) is 32.9 Å². The average Bonchev–Trinajstić information content (AvgIpc) is 3.40. The van der Waals surface area contributed by atoms with Crippen molar-refractivity contribution in [3.63, 3.8) is 0 Å². The molecule has 4 N–H and O–H groups in total. The van der Waals surface area contributed by atoms with Crippen LogP contribution in [0.25, 0.3) is 21.8 Å². The third-order valence-electron chi connectivity index (χ3n) is 5.24. The number of aromatic nitrogens is 2. The molecule has 7 nitrogen and oxygen atoms in total. The third-order valence-corrected chi connectivity index (χ3v) is 5.24. The fourth-order valence-corrected chi connectivity index (χ4v) is 3.67. The molecular formula is C23H20N6O. The smallest absolute Gasteiger partial charge is 0.314 e. The van der Waals surface area contributed by atoms with Gasteiger partial charge in [-0.2, -0.15) is 10.5 Å². The molecule has 7 heteroatoms. The summed E-state index contributed by atoms with van der Waals surface area (Å²) < 4.78 is 0. The second-order valence-corrected chi connectivity index (χ2v) is 7.03. The van der Waals surface area contributed by atoms with Gasteiger partial charge < -0.3 is 20.6 Å². The average molecular weight is 396 g/mol. The number of amides is 2. The molecule has 4 rings (SSSR count). The Morgan fingerprint density at radius 3 is 1.67 bits per heavy atom. The van der Waals surface area contributed by atoms with E-state index in [0.29, 0.717) is 0 Å². The van der Waals surface area contributed by atoms with Crippen molar-refractivity contribution in [2.75, 3.05) is 13.1 Å². The van der Waals surface area contributed by atoms with Gasteiger partial charge in [-0.15, -0.1) is 0 Å². The van der Waals surface area contributed by atoms with E-state index in [4.69, 9.17) is 0 Å². The number of nitrogens with zero attached hydrogens (tertiary/aromatic N) is 2. The summed E-state index contributed by atoms with van der Waals surface area (Å²) in [5.41, 5.74) is 3.60. The van der Waals surface area contributed by atoms with Gasteiger partial charge in [0.1, 0.15) is 0 Å². The lowest BCUT2D eigenvalue weighted by atomic mass is 9.99. The SMILES string of the molecule is N#CC(CNC(=O)NCC(C#N)c1c[nH]c2ccccc12)c1c[nH]c2ccccc12. The number of hydrogen-bond donors (Lipinski definition) is 4. The third kappa shape index (κ3) is 3.69. The standard InChI is InChI=1S/C23H20N6O/c24-9-15(19-13-26-21-7-3-1-5-17(19)21)11-28-23(30)29-12-16(10-25)20-14-27-22-8-4-2-6-18(20)22/h1-8,13-16,26-27H,11-12H2,(H2,28,29,30). The Hall–Kier alpha value is -4.23. The highest BCUT2D eigenvalue weighted by Gasteiger charge is 2.18. The lowest BCUT2D eigenvalue weighted by Gasteiger charge is -2.13. The first kappa shape index (κ1) is 19.1. The fourth-order valence-electron chi connectivity index (χ4n) is 3.67. The number of nitriles is 2. The molecule has 2 aromatic heterocycles. The quantitative estimate of drug-likeness (QED) is 0.396. The number of H-pyrrole nitrogens is 2. The highest BCUT2D eigenvalue weighted by atomic mass is 16.2. The van der Waals surface area contributed by atoms with Crippen LogP contribution in [0.4, 0.5) is 4.79 Å². The topological polar surface area (TPSA) is 120 Å². The van der Waals surface area contributed by atoms with E-state index in [1.54, 1.807) is 12.4 Å². The predicted octanol–water partition coefficient (Wildman–Crippen LogP) is 3.86. The summed E-state index contributed by atoms with van der Waals surface area (Å²) in [6, 6.07) is 19.6. The van der Waals surface area contributed by atoms with Gasteiger partial charge in [-0.25, -0.2) is 4.79 Å². The number of urea groups is 1. The minimum Gasteiger partial charge on any atom is -0.361 e. The molecule has 0 radical (unpaired) electrons. The van der Waals surface area contributed by atoms with E-state index in [2.05, 4.69) is 32.7 Å². The highest BCUT2D eigenvalue weighted by molar-refractivity contribution is 5.85. The Kier molecular flexibility index (Phi) is 5.36. The summed E-state index contributed by atoms with van der Waals surface area (Å²) in [5.74, 6) is -0.959. The molecular weight excluding hydrogens is 376 g/mol. The minimum atomic E-state index is -0.479. The van der Waals surface area contributed by atoms with Crippen molar-refractivity contribution in [3.8, 4) is 12.1 Å². The van der Waals surface area contributed by atoms with Gasteiger partial charge in [0, 0.05) is 47.3 Å². The lowest BCUT2D eigenvalue weighted by molar-refractivity contribution is 0.240. The van der Waals surface area contributed by atoms with Crippen molar-refractivity contribution in [1.82, 2.24) is 20.6 Å². The number of fused-ring (bicyclic) bond motifs is 2. The Bertz CT molecular complexity index is 1170. The number of carbonyl (C=O) groups is 1. The summed E-state index contributed by atoms with van der Waals surface area (Å²) in [6.07, 6.45) is 3.61. The summed E-state index contributed by atoms with van der Waals surface area (Å²) in [4.78, 5) is 18.6. The number of aromatic amines is 2. The van der Waals surface area contributed by atoms with Crippen molar-refractivity contribution in [1.29, 1.82) is 10.5 Å². The molecule has 0 aliphatic heterocycles. The normalized spacial score (nSPS) is 12.7. The molecule has 0 aliphatic rings. The van der Waals surface area contributed by atoms with Gasteiger partial charge >= 0.3 is 6.03 Å². The minimum absolute atomic E-state index is 0.175. The number of benzene rings is 2. The number of carbonyl (C=O) groups excluding carboxylic acids is 1. The summed E-state index contributed by atoms with van der Waals surface area (Å²) in [7, 11) is 0. The van der Waals surface area contributed by atoms with Crippen LogP contribution in [0.2, 0.25) is 0 Å². The van der Waals surface area contributed by atoms with Crippen LogP contribution in [-0.4, -0.2) is 29.1 Å². The lowest BCUT2D eigenvalue weighted by Crippen LogP contribution is -2.39. The van der Waals surface area contributed by atoms with E-state index in [-0.39, 0.29) is 13.1 Å². The molecule has 2 atom stereocenters. The van der Waals surface area contributed by atoms with Gasteiger partial charge in [-0.1, -0.05) is 36.4 Å². The van der Waals surface area contributed by atoms with Gasteiger partial charge in [0.2, 0.25) is 0 Å². The molecule has 0 saturated heterocycles. The van der Waals surface area contributed by atoms with Crippen molar-refractivity contribution in [2.45, 2.75) is 11.8 Å². The molecule has 0 saturated carbocycles. The fraction of sp³-hybridized carbons (Fsp3) is 0.174. The van der Waals surface area contributed by atoms with Crippen LogP contribution in [-0.2, 0) is 0 Å². The monoisotopic (exact) mass is 396 g/mol. The molecule has 30 heavy (non-hydrogen) atoms. The molecule has 0 fully saturated rings. The summed E-state index contributed by atoms with van der Waals surface area (Å²) in [5, 5.41) is 26.6. The van der Waals surface area contributed by atoms with Gasteiger partial charge in [-0.3, -0.25) is 0 Å². The van der Waals surface area contributed by atoms with Crippen LogP contribution >= 0.6 is 0 Å². The second-order valence-electron chi connectivity index (χ2n) is 7.03. The second kappa shape index (κ2) is 8.42. The Morgan fingerprint density at radius 1 is 0.800 bits per heavy atom. The zero-order valence-corrected chi connectivity index (χ0v) is 16.1. The molecule has 0 bridgehead atoms. The first-order valence-electron chi connectivity index (χ1n) is 9.64. The first-order valence-corrected chi connectivity index (χ1v) is 9.64. The maximum absolute atomic E-state index is 12.3. The van der Waals surface area contributed by atoms with Crippen LogP contribution in [0.3, 0.4) is 0 Å². The Labute approximate surface area is 173 Å².